The normalized spacial score (nSPS) is 28.3. The summed E-state index contributed by atoms with van der Waals surface area (Å²) in [5, 5.41) is 0. The molecule has 3 aliphatic rings. The van der Waals surface area contributed by atoms with Crippen LogP contribution in [0.4, 0.5) is 5.82 Å². The Labute approximate surface area is 155 Å². The SMILES string of the molecule is Cl.Cl.NC1CCC2CN(C(=O)c3cccnc3N3CCCC3)CC12. The highest BCUT2D eigenvalue weighted by Gasteiger charge is 2.43. The molecule has 1 amide bonds. The molecular weight excluding hydrogens is 347 g/mol. The summed E-state index contributed by atoms with van der Waals surface area (Å²) in [4.78, 5) is 21.7. The van der Waals surface area contributed by atoms with E-state index in [0.717, 1.165) is 44.0 Å². The van der Waals surface area contributed by atoms with Gasteiger partial charge in [-0.3, -0.25) is 4.79 Å². The highest BCUT2D eigenvalue weighted by molar-refractivity contribution is 5.99. The van der Waals surface area contributed by atoms with E-state index >= 15 is 0 Å². The second-order valence-electron chi connectivity index (χ2n) is 6.94. The fraction of sp³-hybridized carbons (Fsp3) is 0.647. The minimum absolute atomic E-state index is 0. The van der Waals surface area contributed by atoms with Gasteiger partial charge in [-0.25, -0.2) is 4.98 Å². The number of halogens is 2. The lowest BCUT2D eigenvalue weighted by molar-refractivity contribution is 0.0780. The van der Waals surface area contributed by atoms with Gasteiger partial charge in [0.1, 0.15) is 5.82 Å². The number of amides is 1. The monoisotopic (exact) mass is 372 g/mol. The average molecular weight is 373 g/mol. The quantitative estimate of drug-likeness (QED) is 0.865. The van der Waals surface area contributed by atoms with Gasteiger partial charge in [0.05, 0.1) is 5.56 Å². The van der Waals surface area contributed by atoms with E-state index < -0.39 is 0 Å². The average Bonchev–Trinajstić information content (AvgIpc) is 3.25. The second kappa shape index (κ2) is 7.89. The van der Waals surface area contributed by atoms with Crippen molar-refractivity contribution in [2.75, 3.05) is 31.1 Å². The first kappa shape index (κ1) is 19.3. The molecular formula is C17H26Cl2N4O. The molecule has 0 spiro atoms. The summed E-state index contributed by atoms with van der Waals surface area (Å²) in [6.45, 7) is 3.70. The molecule has 3 heterocycles. The van der Waals surface area contributed by atoms with Crippen LogP contribution in [-0.4, -0.2) is 48.0 Å². The molecule has 3 fully saturated rings. The Morgan fingerprint density at radius 2 is 1.92 bits per heavy atom. The van der Waals surface area contributed by atoms with Gasteiger partial charge in [-0.15, -0.1) is 24.8 Å². The molecule has 3 atom stereocenters. The number of hydrogen-bond acceptors (Lipinski definition) is 4. The van der Waals surface area contributed by atoms with E-state index in [9.17, 15) is 4.79 Å². The zero-order valence-electron chi connectivity index (χ0n) is 13.8. The molecule has 1 aliphatic carbocycles. The first-order valence-corrected chi connectivity index (χ1v) is 8.49. The maximum absolute atomic E-state index is 13.0. The van der Waals surface area contributed by atoms with Crippen LogP contribution in [0.2, 0.25) is 0 Å². The zero-order valence-corrected chi connectivity index (χ0v) is 15.4. The number of carbonyl (C=O) groups excluding carboxylic acids is 1. The van der Waals surface area contributed by atoms with Gasteiger partial charge < -0.3 is 15.5 Å². The van der Waals surface area contributed by atoms with E-state index in [1.54, 1.807) is 6.20 Å². The van der Waals surface area contributed by atoms with Gasteiger partial charge in [-0.1, -0.05) is 0 Å². The van der Waals surface area contributed by atoms with E-state index in [0.29, 0.717) is 11.8 Å². The van der Waals surface area contributed by atoms with Crippen molar-refractivity contribution in [2.45, 2.75) is 31.7 Å². The van der Waals surface area contributed by atoms with Gasteiger partial charge in [0.25, 0.3) is 5.91 Å². The van der Waals surface area contributed by atoms with E-state index in [2.05, 4.69) is 9.88 Å². The summed E-state index contributed by atoms with van der Waals surface area (Å²) in [5.41, 5.74) is 6.95. The Morgan fingerprint density at radius 1 is 1.17 bits per heavy atom. The zero-order chi connectivity index (χ0) is 15.1. The lowest BCUT2D eigenvalue weighted by Gasteiger charge is -2.23. The molecule has 1 saturated carbocycles. The summed E-state index contributed by atoms with van der Waals surface area (Å²) in [5.74, 6) is 2.10. The Morgan fingerprint density at radius 3 is 2.62 bits per heavy atom. The number of fused-ring (bicyclic) bond motifs is 1. The summed E-state index contributed by atoms with van der Waals surface area (Å²) in [6, 6.07) is 4.07. The first-order valence-electron chi connectivity index (χ1n) is 8.49. The highest BCUT2D eigenvalue weighted by Crippen LogP contribution is 2.38. The van der Waals surface area contributed by atoms with Crippen molar-refractivity contribution in [2.24, 2.45) is 17.6 Å². The van der Waals surface area contributed by atoms with Gasteiger partial charge in [0, 0.05) is 38.4 Å². The Kier molecular flexibility index (Phi) is 6.34. The number of likely N-dealkylation sites (tertiary alicyclic amines) is 1. The number of nitrogens with two attached hydrogens (primary N) is 1. The molecule has 1 aromatic heterocycles. The van der Waals surface area contributed by atoms with Crippen LogP contribution in [0, 0.1) is 11.8 Å². The molecule has 2 N–H and O–H groups in total. The predicted octanol–water partition coefficient (Wildman–Crippen LogP) is 2.33. The third kappa shape index (κ3) is 3.35. The maximum Gasteiger partial charge on any atom is 0.257 e. The second-order valence-corrected chi connectivity index (χ2v) is 6.94. The van der Waals surface area contributed by atoms with Crippen LogP contribution in [0.1, 0.15) is 36.0 Å². The van der Waals surface area contributed by atoms with E-state index in [1.165, 1.54) is 19.3 Å². The summed E-state index contributed by atoms with van der Waals surface area (Å²) in [7, 11) is 0. The van der Waals surface area contributed by atoms with E-state index in [4.69, 9.17) is 5.73 Å². The molecule has 0 radical (unpaired) electrons. The highest BCUT2D eigenvalue weighted by atomic mass is 35.5. The lowest BCUT2D eigenvalue weighted by Crippen LogP contribution is -2.34. The standard InChI is InChI=1S/C17H24N4O.2ClH/c18-15-6-5-12-10-21(11-14(12)15)17(22)13-4-3-7-19-16(13)20-8-1-2-9-20;;/h3-4,7,12,14-15H,1-2,5-6,8-11,18H2;2*1H. The summed E-state index contributed by atoms with van der Waals surface area (Å²) >= 11 is 0. The molecule has 134 valence electrons. The molecule has 4 rings (SSSR count). The van der Waals surface area contributed by atoms with Crippen LogP contribution >= 0.6 is 24.8 Å². The van der Waals surface area contributed by atoms with Crippen LogP contribution in [-0.2, 0) is 0 Å². The summed E-state index contributed by atoms with van der Waals surface area (Å²) in [6.07, 6.45) is 6.45. The molecule has 3 unspecified atom stereocenters. The van der Waals surface area contributed by atoms with Gasteiger partial charge in [-0.2, -0.15) is 0 Å². The molecule has 1 aromatic rings. The van der Waals surface area contributed by atoms with Crippen LogP contribution < -0.4 is 10.6 Å². The van der Waals surface area contributed by atoms with Crippen LogP contribution in [0.3, 0.4) is 0 Å². The number of rotatable bonds is 2. The summed E-state index contributed by atoms with van der Waals surface area (Å²) < 4.78 is 0. The Balaban J connectivity index is 0.00000104. The van der Waals surface area contributed by atoms with Gasteiger partial charge in [0.15, 0.2) is 0 Å². The number of aromatic nitrogens is 1. The van der Waals surface area contributed by atoms with Crippen LogP contribution in [0.25, 0.3) is 0 Å². The van der Waals surface area contributed by atoms with Crippen molar-refractivity contribution in [3.05, 3.63) is 23.9 Å². The van der Waals surface area contributed by atoms with Crippen LogP contribution in [0.15, 0.2) is 18.3 Å². The topological polar surface area (TPSA) is 62.5 Å². The largest absolute Gasteiger partial charge is 0.356 e. The van der Waals surface area contributed by atoms with Crippen molar-refractivity contribution < 1.29 is 4.79 Å². The molecule has 2 aliphatic heterocycles. The third-order valence-electron chi connectivity index (χ3n) is 5.62. The van der Waals surface area contributed by atoms with Gasteiger partial charge in [0.2, 0.25) is 0 Å². The van der Waals surface area contributed by atoms with E-state index in [1.807, 2.05) is 17.0 Å². The number of anilines is 1. The minimum atomic E-state index is 0. The molecule has 2 saturated heterocycles. The predicted molar refractivity (Wildman–Crippen MR) is 100 cm³/mol. The van der Waals surface area contributed by atoms with Crippen molar-refractivity contribution in [1.82, 2.24) is 9.88 Å². The van der Waals surface area contributed by atoms with Crippen molar-refractivity contribution in [3.8, 4) is 0 Å². The fourth-order valence-corrected chi connectivity index (χ4v) is 4.39. The van der Waals surface area contributed by atoms with Crippen LogP contribution in [0.5, 0.6) is 0 Å². The number of nitrogens with zero attached hydrogens (tertiary/aromatic N) is 3. The molecule has 5 nitrogen and oxygen atoms in total. The molecule has 7 heteroatoms. The Hall–Kier alpha value is -1.04. The van der Waals surface area contributed by atoms with E-state index in [-0.39, 0.29) is 36.8 Å². The Bertz CT molecular complexity index is 579. The van der Waals surface area contributed by atoms with Crippen molar-refractivity contribution >= 4 is 36.5 Å². The fourth-order valence-electron chi connectivity index (χ4n) is 4.39. The molecule has 24 heavy (non-hydrogen) atoms. The minimum Gasteiger partial charge on any atom is -0.356 e. The number of hydrogen-bond donors (Lipinski definition) is 1. The van der Waals surface area contributed by atoms with Gasteiger partial charge in [-0.05, 0) is 49.7 Å². The molecule has 0 bridgehead atoms. The molecule has 0 aromatic carbocycles. The van der Waals surface area contributed by atoms with Crippen molar-refractivity contribution in [1.29, 1.82) is 0 Å². The number of carbonyl (C=O) groups is 1. The smallest absolute Gasteiger partial charge is 0.257 e. The van der Waals surface area contributed by atoms with Crippen molar-refractivity contribution in [3.63, 3.8) is 0 Å². The van der Waals surface area contributed by atoms with Gasteiger partial charge >= 0.3 is 0 Å². The first-order chi connectivity index (χ1) is 10.7. The lowest BCUT2D eigenvalue weighted by atomic mass is 9.98. The maximum atomic E-state index is 13.0. The number of pyridine rings is 1. The third-order valence-corrected chi connectivity index (χ3v) is 5.62.